The summed E-state index contributed by atoms with van der Waals surface area (Å²) in [5, 5.41) is 35.1. The second-order valence-electron chi connectivity index (χ2n) is 19.1. The number of hydrogen-bond acceptors (Lipinski definition) is 19. The molecule has 5 aromatic heterocycles. The summed E-state index contributed by atoms with van der Waals surface area (Å²) < 4.78 is 38.6. The first-order chi connectivity index (χ1) is 39.4. The Morgan fingerprint density at radius 3 is 1.70 bits per heavy atom. The normalized spacial score (nSPS) is 10.9. The van der Waals surface area contributed by atoms with E-state index in [1.54, 1.807) is 51.9 Å². The maximum Gasteiger partial charge on any atom is 0.231 e. The van der Waals surface area contributed by atoms with Crippen molar-refractivity contribution in [3.05, 3.63) is 165 Å². The van der Waals surface area contributed by atoms with E-state index in [-0.39, 0.29) is 28.9 Å². The number of nitrogen functional groups attached to an aromatic ring is 1. The average Bonchev–Trinajstić information content (AvgIpc) is 4.40. The molecular formula is C63H65N9O10. The number of nitrogens with one attached hydrogen (secondary N) is 2. The van der Waals surface area contributed by atoms with Gasteiger partial charge in [0, 0.05) is 52.8 Å². The van der Waals surface area contributed by atoms with Crippen LogP contribution in [0.15, 0.2) is 128 Å². The van der Waals surface area contributed by atoms with Gasteiger partial charge >= 0.3 is 0 Å². The van der Waals surface area contributed by atoms with Gasteiger partial charge in [-0.2, -0.15) is 5.10 Å². The Hall–Kier alpha value is -10.1. The number of hydrazone groups is 1. The molecule has 0 spiro atoms. The van der Waals surface area contributed by atoms with Gasteiger partial charge in [-0.1, -0.05) is 30.3 Å². The number of hydrogen-bond donors (Lipinski definition) is 6. The third kappa shape index (κ3) is 12.6. The number of hydrazine groups is 1. The van der Waals surface area contributed by atoms with Gasteiger partial charge in [-0.05, 0) is 150 Å². The maximum absolute atomic E-state index is 11.0. The molecule has 0 aliphatic heterocycles. The molecule has 0 aliphatic carbocycles. The molecule has 11 rings (SSSR count). The van der Waals surface area contributed by atoms with E-state index in [9.17, 15) is 15.3 Å². The summed E-state index contributed by atoms with van der Waals surface area (Å²) in [4.78, 5) is 21.9. The fourth-order valence-electron chi connectivity index (χ4n) is 8.66. The third-order valence-corrected chi connectivity index (χ3v) is 13.7. The number of fused-ring (bicyclic) bond motifs is 3. The molecule has 422 valence electrons. The van der Waals surface area contributed by atoms with Crippen LogP contribution >= 0.6 is 0 Å². The molecule has 0 amide bonds. The van der Waals surface area contributed by atoms with Gasteiger partial charge in [-0.25, -0.2) is 30.8 Å². The summed E-state index contributed by atoms with van der Waals surface area (Å²) >= 11 is 0. The van der Waals surface area contributed by atoms with Gasteiger partial charge in [0.25, 0.3) is 0 Å². The maximum atomic E-state index is 11.0. The number of anilines is 2. The van der Waals surface area contributed by atoms with Crippen molar-refractivity contribution >= 4 is 51.1 Å². The van der Waals surface area contributed by atoms with E-state index >= 15 is 0 Å². The van der Waals surface area contributed by atoms with Gasteiger partial charge in [0.2, 0.25) is 17.7 Å². The molecule has 0 aliphatic rings. The Balaban J connectivity index is 0.000000155. The van der Waals surface area contributed by atoms with Gasteiger partial charge in [0.05, 0.1) is 45.8 Å². The van der Waals surface area contributed by atoms with Gasteiger partial charge in [0.15, 0.2) is 39.7 Å². The van der Waals surface area contributed by atoms with Crippen LogP contribution in [0.3, 0.4) is 0 Å². The fourth-order valence-corrected chi connectivity index (χ4v) is 8.66. The highest BCUT2D eigenvalue weighted by atomic mass is 16.5. The first kappa shape index (κ1) is 58.0. The topological polar surface area (TPSA) is 264 Å². The summed E-state index contributed by atoms with van der Waals surface area (Å²) in [5.41, 5.74) is 21.4. The Bertz CT molecular complexity index is 4080. The Morgan fingerprint density at radius 2 is 1.11 bits per heavy atom. The first-order valence-corrected chi connectivity index (χ1v) is 25.8. The minimum atomic E-state index is -0.0845. The summed E-state index contributed by atoms with van der Waals surface area (Å²) in [6, 6.07) is 31.2. The van der Waals surface area contributed by atoms with Crippen molar-refractivity contribution in [2.24, 2.45) is 10.9 Å². The molecule has 0 radical (unpaired) electrons. The molecule has 0 saturated heterocycles. The van der Waals surface area contributed by atoms with E-state index in [1.165, 1.54) is 19.2 Å². The minimum absolute atomic E-state index is 0.0667. The lowest BCUT2D eigenvalue weighted by atomic mass is 9.92. The minimum Gasteiger partial charge on any atom is -0.507 e. The smallest absolute Gasteiger partial charge is 0.231 e. The van der Waals surface area contributed by atoms with Crippen LogP contribution in [0, 0.1) is 62.3 Å². The second-order valence-corrected chi connectivity index (χ2v) is 19.1. The van der Waals surface area contributed by atoms with Crippen LogP contribution in [-0.4, -0.2) is 74.9 Å². The molecular weight excluding hydrogens is 1040 g/mol. The van der Waals surface area contributed by atoms with Gasteiger partial charge in [-0.15, -0.1) is 0 Å². The largest absolute Gasteiger partial charge is 0.507 e. The number of rotatable bonds is 11. The van der Waals surface area contributed by atoms with Crippen LogP contribution < -0.4 is 35.6 Å². The van der Waals surface area contributed by atoms with E-state index < -0.39 is 0 Å². The molecule has 0 bridgehead atoms. The molecule has 0 saturated carbocycles. The highest BCUT2D eigenvalue weighted by Crippen LogP contribution is 2.43. The van der Waals surface area contributed by atoms with Crippen molar-refractivity contribution in [2.45, 2.75) is 62.3 Å². The van der Waals surface area contributed by atoms with Gasteiger partial charge in [0.1, 0.15) is 45.4 Å². The monoisotopic (exact) mass is 1110 g/mol. The number of phenols is 3. The van der Waals surface area contributed by atoms with E-state index in [0.717, 1.165) is 72.4 Å². The molecule has 6 aromatic carbocycles. The second kappa shape index (κ2) is 25.3. The molecule has 0 fully saturated rings. The van der Waals surface area contributed by atoms with Gasteiger partial charge in [-0.3, -0.25) is 5.43 Å². The van der Waals surface area contributed by atoms with Crippen molar-refractivity contribution in [3.63, 3.8) is 0 Å². The van der Waals surface area contributed by atoms with Crippen molar-refractivity contribution < 1.29 is 47.5 Å². The molecule has 11 aromatic rings. The summed E-state index contributed by atoms with van der Waals surface area (Å²) in [7, 11) is 6.18. The Kier molecular flexibility index (Phi) is 17.9. The molecule has 0 unspecified atom stereocenters. The van der Waals surface area contributed by atoms with Crippen LogP contribution in [0.2, 0.25) is 0 Å². The van der Waals surface area contributed by atoms with E-state index in [0.29, 0.717) is 74.0 Å². The third-order valence-electron chi connectivity index (χ3n) is 13.7. The number of oxazole rings is 3. The summed E-state index contributed by atoms with van der Waals surface area (Å²) in [6.07, 6.45) is 3.31. The highest BCUT2D eigenvalue weighted by molar-refractivity contribution is 5.91. The van der Waals surface area contributed by atoms with E-state index in [2.05, 4.69) is 42.8 Å². The van der Waals surface area contributed by atoms with Crippen LogP contribution in [0.5, 0.6) is 40.2 Å². The van der Waals surface area contributed by atoms with Crippen LogP contribution in [0.4, 0.5) is 11.6 Å². The number of nitrogens with zero attached hydrogens (tertiary/aromatic N) is 6. The van der Waals surface area contributed by atoms with Crippen molar-refractivity contribution in [3.8, 4) is 74.6 Å². The zero-order chi connectivity index (χ0) is 58.9. The van der Waals surface area contributed by atoms with Crippen LogP contribution in [-0.2, 0) is 0 Å². The number of pyridine rings is 2. The Labute approximate surface area is 474 Å². The zero-order valence-corrected chi connectivity index (χ0v) is 47.9. The molecule has 7 N–H and O–H groups in total. The predicted molar refractivity (Wildman–Crippen MR) is 320 cm³/mol. The lowest BCUT2D eigenvalue weighted by molar-refractivity contribution is 0.349. The Morgan fingerprint density at radius 1 is 0.512 bits per heavy atom. The number of aryl methyl sites for hydroxylation is 6. The molecule has 19 heteroatoms. The first-order valence-electron chi connectivity index (χ1n) is 25.8. The van der Waals surface area contributed by atoms with E-state index in [1.807, 2.05) is 128 Å². The number of benzene rings is 6. The van der Waals surface area contributed by atoms with Crippen molar-refractivity contribution in [1.29, 1.82) is 0 Å². The lowest BCUT2D eigenvalue weighted by Gasteiger charge is -2.15. The summed E-state index contributed by atoms with van der Waals surface area (Å²) in [6.45, 7) is 17.9. The molecule has 5 heterocycles. The predicted octanol–water partition coefficient (Wildman–Crippen LogP) is 13.6. The summed E-state index contributed by atoms with van der Waals surface area (Å²) in [5.74, 6) is 9.64. The number of phenolic OH excluding ortho intramolecular Hbond substituents is 3. The van der Waals surface area contributed by atoms with Crippen molar-refractivity contribution in [1.82, 2.24) is 24.9 Å². The van der Waals surface area contributed by atoms with Crippen LogP contribution in [0.25, 0.3) is 67.7 Å². The average molecular weight is 1110 g/mol. The number of aromatic hydroxyl groups is 3. The number of ether oxygens (including phenoxy) is 4. The number of methoxy groups -OCH3 is 4. The SMILES string of the molecule is COc1cc(O)c(-c2nc3ccc(C)cc3o2)cc1O.COc1cc(OC)c(-c2nc3ccc(C)cc3o2)cc1OC.Cc1ccc(N/N=C\c2c(C)c(C)c(-c3nc4ccc(C)c(C)c4o3)c(C)c2O)nc1C.NNc1ccccn1. The number of nitrogens with two attached hydrogens (primary N) is 1. The standard InChI is InChI=1S/C26H28N4O2.C17H17NO4.C15H13NO4.C5H7N3/c1-13-8-10-21-25(15(13)3)32-26(29-21)23-17(5)16(4)20(24(31)18(23)6)12-27-30-22-11-9-14(2)19(7)28-22;1-10-5-6-12-14(7-10)22-17(18-12)11-8-15(20-3)16(21-4)9-13(11)19-2;1-8-3-4-10-13(5-8)20-15(16-10)9-6-12(18)14(19-2)7-11(9)17;6-8-5-3-1-2-4-7-5/h8-12,31H,1-7H3,(H,28,30);5-9H,1-4H3;3-7,17-18H,1-2H3;1-4H,6H2,(H,7,8)/b27-12-;;;. The quantitative estimate of drug-likeness (QED) is 0.0304. The molecule has 19 nitrogen and oxygen atoms in total. The van der Waals surface area contributed by atoms with Gasteiger partial charge < -0.3 is 52.9 Å². The lowest BCUT2D eigenvalue weighted by Crippen LogP contribution is -2.07. The molecule has 0 atom stereocenters. The highest BCUT2D eigenvalue weighted by Gasteiger charge is 2.23. The number of aromatic nitrogens is 5. The molecule has 82 heavy (non-hydrogen) atoms. The van der Waals surface area contributed by atoms with Crippen molar-refractivity contribution in [2.75, 3.05) is 39.3 Å². The zero-order valence-electron chi connectivity index (χ0n) is 47.9. The fraction of sp³-hybridized carbons (Fsp3) is 0.206. The van der Waals surface area contributed by atoms with Crippen LogP contribution in [0.1, 0.15) is 55.8 Å². The van der Waals surface area contributed by atoms with E-state index in [4.69, 9.17) is 43.0 Å².